The van der Waals surface area contributed by atoms with Crippen LogP contribution in [0.2, 0.25) is 5.02 Å². The van der Waals surface area contributed by atoms with Gasteiger partial charge in [0.25, 0.3) is 0 Å². The molecule has 1 unspecified atom stereocenters. The van der Waals surface area contributed by atoms with E-state index in [-0.39, 0.29) is 6.10 Å². The molecule has 1 fully saturated rings. The number of H-pyrrole nitrogens is 1. The van der Waals surface area contributed by atoms with Gasteiger partial charge in [0.05, 0.1) is 6.61 Å². The molecule has 1 aliphatic rings. The van der Waals surface area contributed by atoms with Gasteiger partial charge in [0.15, 0.2) is 0 Å². The topological polar surface area (TPSA) is 66.9 Å². The number of benzene rings is 1. The van der Waals surface area contributed by atoms with Crippen molar-refractivity contribution in [1.29, 1.82) is 0 Å². The molecule has 7 heteroatoms. The lowest BCUT2D eigenvalue weighted by atomic mass is 10.1. The lowest BCUT2D eigenvalue weighted by Gasteiger charge is -2.31. The maximum absolute atomic E-state index is 5.89. The molecule has 106 valence electrons. The van der Waals surface area contributed by atoms with Crippen molar-refractivity contribution in [1.82, 2.24) is 25.5 Å². The van der Waals surface area contributed by atoms with Crippen molar-refractivity contribution in [2.24, 2.45) is 0 Å². The molecule has 1 saturated heterocycles. The maximum atomic E-state index is 5.89. The van der Waals surface area contributed by atoms with Gasteiger partial charge in [-0.1, -0.05) is 28.9 Å². The number of nitrogens with zero attached hydrogens (tertiary/aromatic N) is 4. The van der Waals surface area contributed by atoms with Gasteiger partial charge in [0, 0.05) is 24.7 Å². The van der Waals surface area contributed by atoms with Crippen molar-refractivity contribution >= 4 is 11.6 Å². The number of hydrogen-bond donors (Lipinski definition) is 1. The summed E-state index contributed by atoms with van der Waals surface area (Å²) in [5.41, 5.74) is 1.29. The van der Waals surface area contributed by atoms with Crippen LogP contribution in [0.5, 0.6) is 0 Å². The molecule has 1 N–H and O–H groups in total. The highest BCUT2D eigenvalue weighted by Gasteiger charge is 2.24. The minimum absolute atomic E-state index is 0.0901. The zero-order chi connectivity index (χ0) is 13.8. The van der Waals surface area contributed by atoms with Crippen LogP contribution in [0.25, 0.3) is 0 Å². The minimum atomic E-state index is -0.0901. The van der Waals surface area contributed by atoms with Gasteiger partial charge in [0.2, 0.25) is 5.82 Å². The fourth-order valence-corrected chi connectivity index (χ4v) is 2.43. The van der Waals surface area contributed by atoms with Crippen molar-refractivity contribution in [2.75, 3.05) is 26.2 Å². The number of aromatic amines is 1. The fraction of sp³-hybridized carbons (Fsp3) is 0.462. The third-order valence-electron chi connectivity index (χ3n) is 3.43. The van der Waals surface area contributed by atoms with E-state index in [0.717, 1.165) is 31.1 Å². The summed E-state index contributed by atoms with van der Waals surface area (Å²) in [5, 5.41) is 14.8. The molecule has 2 heterocycles. The third-order valence-corrected chi connectivity index (χ3v) is 3.68. The largest absolute Gasteiger partial charge is 0.367 e. The van der Waals surface area contributed by atoms with Gasteiger partial charge in [0.1, 0.15) is 6.10 Å². The van der Waals surface area contributed by atoms with E-state index in [1.54, 1.807) is 0 Å². The summed E-state index contributed by atoms with van der Waals surface area (Å²) in [6, 6.07) is 8.00. The first-order valence-corrected chi connectivity index (χ1v) is 7.01. The van der Waals surface area contributed by atoms with Crippen molar-refractivity contribution < 1.29 is 4.74 Å². The molecule has 0 bridgehead atoms. The molecule has 0 amide bonds. The number of tetrazole rings is 1. The maximum Gasteiger partial charge on any atom is 0.204 e. The van der Waals surface area contributed by atoms with Crippen LogP contribution in [0.4, 0.5) is 0 Å². The van der Waals surface area contributed by atoms with Crippen LogP contribution in [0.15, 0.2) is 24.3 Å². The third kappa shape index (κ3) is 3.33. The Balaban J connectivity index is 1.54. The molecule has 0 radical (unpaired) electrons. The number of halogens is 1. The van der Waals surface area contributed by atoms with Crippen molar-refractivity contribution in [3.63, 3.8) is 0 Å². The highest BCUT2D eigenvalue weighted by Crippen LogP contribution is 2.18. The van der Waals surface area contributed by atoms with E-state index in [1.807, 2.05) is 12.1 Å². The monoisotopic (exact) mass is 293 g/mol. The summed E-state index contributed by atoms with van der Waals surface area (Å²) in [7, 11) is 0. The molecule has 1 aliphatic heterocycles. The Morgan fingerprint density at radius 2 is 2.20 bits per heavy atom. The van der Waals surface area contributed by atoms with Crippen molar-refractivity contribution in [2.45, 2.75) is 12.5 Å². The SMILES string of the molecule is Clc1ccc(CCN2CCOC(c3nn[nH]n3)C2)cc1. The summed E-state index contributed by atoms with van der Waals surface area (Å²) in [6.07, 6.45) is 0.906. The fourth-order valence-electron chi connectivity index (χ4n) is 2.31. The van der Waals surface area contributed by atoms with Crippen LogP contribution in [0.3, 0.4) is 0 Å². The van der Waals surface area contributed by atoms with E-state index in [4.69, 9.17) is 16.3 Å². The molecule has 1 atom stereocenters. The molecule has 20 heavy (non-hydrogen) atoms. The highest BCUT2D eigenvalue weighted by molar-refractivity contribution is 6.30. The molecule has 2 aromatic rings. The highest BCUT2D eigenvalue weighted by atomic mass is 35.5. The second-order valence-electron chi connectivity index (χ2n) is 4.81. The van der Waals surface area contributed by atoms with Gasteiger partial charge in [-0.3, -0.25) is 4.90 Å². The van der Waals surface area contributed by atoms with E-state index in [0.29, 0.717) is 12.4 Å². The number of nitrogens with one attached hydrogen (secondary N) is 1. The van der Waals surface area contributed by atoms with Crippen LogP contribution < -0.4 is 0 Å². The van der Waals surface area contributed by atoms with Crippen LogP contribution >= 0.6 is 11.6 Å². The summed E-state index contributed by atoms with van der Waals surface area (Å²) < 4.78 is 5.68. The molecule has 3 rings (SSSR count). The second kappa shape index (κ2) is 6.30. The summed E-state index contributed by atoms with van der Waals surface area (Å²) in [5.74, 6) is 0.626. The van der Waals surface area contributed by atoms with Crippen LogP contribution in [0, 0.1) is 0 Å². The van der Waals surface area contributed by atoms with Crippen molar-refractivity contribution in [3.8, 4) is 0 Å². The van der Waals surface area contributed by atoms with E-state index in [1.165, 1.54) is 5.56 Å². The van der Waals surface area contributed by atoms with Crippen LogP contribution in [-0.4, -0.2) is 51.8 Å². The molecule has 0 aliphatic carbocycles. The Kier molecular flexibility index (Phi) is 4.25. The second-order valence-corrected chi connectivity index (χ2v) is 5.24. The van der Waals surface area contributed by atoms with Gasteiger partial charge in [-0.2, -0.15) is 5.21 Å². The molecule has 0 saturated carbocycles. The van der Waals surface area contributed by atoms with Gasteiger partial charge in [-0.25, -0.2) is 0 Å². The molecular formula is C13H16ClN5O. The zero-order valence-electron chi connectivity index (χ0n) is 11.0. The predicted octanol–water partition coefficient (Wildman–Crippen LogP) is 1.47. The minimum Gasteiger partial charge on any atom is -0.367 e. The normalized spacial score (nSPS) is 20.1. The molecule has 6 nitrogen and oxygen atoms in total. The number of rotatable bonds is 4. The number of hydrogen-bond acceptors (Lipinski definition) is 5. The quantitative estimate of drug-likeness (QED) is 0.924. The Morgan fingerprint density at radius 1 is 1.35 bits per heavy atom. The Bertz CT molecular complexity index is 530. The van der Waals surface area contributed by atoms with Gasteiger partial charge < -0.3 is 4.74 Å². The van der Waals surface area contributed by atoms with E-state index in [9.17, 15) is 0 Å². The van der Waals surface area contributed by atoms with E-state index in [2.05, 4.69) is 37.7 Å². The first-order valence-electron chi connectivity index (χ1n) is 6.63. The van der Waals surface area contributed by atoms with Gasteiger partial charge in [-0.05, 0) is 24.1 Å². The number of aromatic nitrogens is 4. The summed E-state index contributed by atoms with van der Waals surface area (Å²) in [4.78, 5) is 2.36. The van der Waals surface area contributed by atoms with E-state index >= 15 is 0 Å². The molecular weight excluding hydrogens is 278 g/mol. The summed E-state index contributed by atoms with van der Waals surface area (Å²) >= 11 is 5.89. The molecule has 0 spiro atoms. The van der Waals surface area contributed by atoms with Crippen LogP contribution in [-0.2, 0) is 11.2 Å². The average molecular weight is 294 g/mol. The standard InChI is InChI=1S/C13H16ClN5O/c14-11-3-1-10(2-4-11)5-6-19-7-8-20-12(9-19)13-15-17-18-16-13/h1-4,12H,5-9H2,(H,15,16,17,18). The smallest absolute Gasteiger partial charge is 0.204 e. The Labute approximate surface area is 122 Å². The zero-order valence-corrected chi connectivity index (χ0v) is 11.8. The van der Waals surface area contributed by atoms with Gasteiger partial charge >= 0.3 is 0 Å². The number of ether oxygens (including phenoxy) is 1. The molecule has 1 aromatic heterocycles. The lowest BCUT2D eigenvalue weighted by Crippen LogP contribution is -2.39. The first-order chi connectivity index (χ1) is 9.81. The summed E-state index contributed by atoms with van der Waals surface area (Å²) in [6.45, 7) is 3.41. The predicted molar refractivity (Wildman–Crippen MR) is 74.5 cm³/mol. The first kappa shape index (κ1) is 13.5. The molecule has 1 aromatic carbocycles. The van der Waals surface area contributed by atoms with E-state index < -0.39 is 0 Å². The Hall–Kier alpha value is -1.50. The van der Waals surface area contributed by atoms with Crippen LogP contribution in [0.1, 0.15) is 17.5 Å². The Morgan fingerprint density at radius 3 is 2.95 bits per heavy atom. The number of morpholine rings is 1. The average Bonchev–Trinajstić information content (AvgIpc) is 3.01. The lowest BCUT2D eigenvalue weighted by molar-refractivity contribution is -0.0339. The van der Waals surface area contributed by atoms with Crippen molar-refractivity contribution in [3.05, 3.63) is 40.7 Å². The van der Waals surface area contributed by atoms with Gasteiger partial charge in [-0.15, -0.1) is 10.2 Å².